The summed E-state index contributed by atoms with van der Waals surface area (Å²) in [5.74, 6) is 0. The molecule has 0 saturated carbocycles. The number of hydrogen-bond donors (Lipinski definition) is 0. The van der Waals surface area contributed by atoms with Crippen LogP contribution >= 0.6 is 0 Å². The van der Waals surface area contributed by atoms with Crippen molar-refractivity contribution in [2.75, 3.05) is 0 Å². The van der Waals surface area contributed by atoms with Crippen LogP contribution in [0.1, 0.15) is 37.5 Å². The van der Waals surface area contributed by atoms with Crippen LogP contribution < -0.4 is 0 Å². The highest BCUT2D eigenvalue weighted by Crippen LogP contribution is 2.32. The predicted octanol–water partition coefficient (Wildman–Crippen LogP) is 6.47. The van der Waals surface area contributed by atoms with Crippen molar-refractivity contribution in [3.8, 4) is 0 Å². The Hall–Kier alpha value is -1.60. The number of hydrogen-bond acceptors (Lipinski definition) is 0. The lowest BCUT2D eigenvalue weighted by molar-refractivity contribution is 1.19. The van der Waals surface area contributed by atoms with Gasteiger partial charge in [-0.25, -0.2) is 0 Å². The molecule has 0 N–H and O–H groups in total. The average Bonchev–Trinajstić information content (AvgIpc) is 2.58. The SMILES string of the molecule is CC[Si](/C=C(\c1ccccc1)c1ccccc1C)(CC)CC. The molecule has 1 heteroatoms. The van der Waals surface area contributed by atoms with Gasteiger partial charge in [-0.1, -0.05) is 99.2 Å². The number of benzene rings is 2. The van der Waals surface area contributed by atoms with Crippen molar-refractivity contribution in [3.05, 3.63) is 77.0 Å². The van der Waals surface area contributed by atoms with E-state index in [1.807, 2.05) is 0 Å². The quantitative estimate of drug-likeness (QED) is 0.536. The lowest BCUT2D eigenvalue weighted by Crippen LogP contribution is -2.29. The van der Waals surface area contributed by atoms with Gasteiger partial charge >= 0.3 is 0 Å². The molecule has 0 bridgehead atoms. The first kappa shape index (κ1) is 16.8. The molecule has 22 heavy (non-hydrogen) atoms. The molecular weight excluding hydrogens is 280 g/mol. The summed E-state index contributed by atoms with van der Waals surface area (Å²) in [6, 6.07) is 23.6. The van der Waals surface area contributed by atoms with E-state index in [0.717, 1.165) is 0 Å². The second kappa shape index (κ2) is 7.60. The van der Waals surface area contributed by atoms with E-state index in [0.29, 0.717) is 0 Å². The Labute approximate surface area is 136 Å². The molecule has 0 radical (unpaired) electrons. The van der Waals surface area contributed by atoms with Crippen LogP contribution in [0.15, 0.2) is 60.3 Å². The minimum atomic E-state index is -1.33. The van der Waals surface area contributed by atoms with Crippen LogP contribution in [0.4, 0.5) is 0 Å². The third-order valence-electron chi connectivity index (χ3n) is 5.08. The molecule has 0 aliphatic heterocycles. The van der Waals surface area contributed by atoms with E-state index < -0.39 is 8.07 Å². The Morgan fingerprint density at radius 3 is 1.91 bits per heavy atom. The maximum atomic E-state index is 2.67. The molecule has 0 unspecified atom stereocenters. The zero-order valence-corrected chi connectivity index (χ0v) is 15.4. The van der Waals surface area contributed by atoms with E-state index in [9.17, 15) is 0 Å². The molecule has 0 aromatic heterocycles. The fourth-order valence-corrected chi connectivity index (χ4v) is 6.22. The minimum Gasteiger partial charge on any atom is -0.0859 e. The number of rotatable bonds is 6. The highest BCUT2D eigenvalue weighted by atomic mass is 28.3. The first-order valence-corrected chi connectivity index (χ1v) is 11.2. The second-order valence-electron chi connectivity index (χ2n) is 6.16. The van der Waals surface area contributed by atoms with Crippen molar-refractivity contribution in [3.63, 3.8) is 0 Å². The Morgan fingerprint density at radius 1 is 0.818 bits per heavy atom. The zero-order valence-electron chi connectivity index (χ0n) is 14.4. The summed E-state index contributed by atoms with van der Waals surface area (Å²) in [6.45, 7) is 9.34. The Morgan fingerprint density at radius 2 is 1.36 bits per heavy atom. The summed E-state index contributed by atoms with van der Waals surface area (Å²) in [5, 5.41) is 0. The van der Waals surface area contributed by atoms with Gasteiger partial charge in [-0.2, -0.15) is 0 Å². The monoisotopic (exact) mass is 308 g/mol. The van der Waals surface area contributed by atoms with Crippen LogP contribution in [0, 0.1) is 6.92 Å². The van der Waals surface area contributed by atoms with Crippen LogP contribution in [0.2, 0.25) is 18.1 Å². The minimum absolute atomic E-state index is 1.32. The summed E-state index contributed by atoms with van der Waals surface area (Å²) in [7, 11) is -1.33. The van der Waals surface area contributed by atoms with Gasteiger partial charge in [0.2, 0.25) is 0 Å². The van der Waals surface area contributed by atoms with E-state index in [1.165, 1.54) is 40.4 Å². The molecule has 0 nitrogen and oxygen atoms in total. The van der Waals surface area contributed by atoms with Crippen LogP contribution in [-0.4, -0.2) is 8.07 Å². The number of aryl methyl sites for hydroxylation is 1. The fourth-order valence-electron chi connectivity index (χ4n) is 3.17. The van der Waals surface area contributed by atoms with Gasteiger partial charge in [0.1, 0.15) is 0 Å². The molecular formula is C21H28Si. The van der Waals surface area contributed by atoms with Crippen molar-refractivity contribution in [2.45, 2.75) is 45.8 Å². The summed E-state index contributed by atoms with van der Waals surface area (Å²) >= 11 is 0. The average molecular weight is 309 g/mol. The van der Waals surface area contributed by atoms with Gasteiger partial charge in [-0.3, -0.25) is 0 Å². The molecule has 0 aliphatic carbocycles. The Bertz CT molecular complexity index is 613. The molecule has 0 aliphatic rings. The van der Waals surface area contributed by atoms with Crippen molar-refractivity contribution < 1.29 is 0 Å². The molecule has 0 atom stereocenters. The summed E-state index contributed by atoms with van der Waals surface area (Å²) < 4.78 is 0. The van der Waals surface area contributed by atoms with E-state index in [-0.39, 0.29) is 0 Å². The molecule has 0 heterocycles. The Kier molecular flexibility index (Phi) is 5.79. The van der Waals surface area contributed by atoms with Crippen molar-refractivity contribution in [1.29, 1.82) is 0 Å². The smallest absolute Gasteiger partial charge is 0.0778 e. The van der Waals surface area contributed by atoms with Crippen molar-refractivity contribution in [1.82, 2.24) is 0 Å². The summed E-state index contributed by atoms with van der Waals surface area (Å²) in [6.07, 6.45) is 0. The molecule has 0 spiro atoms. The molecule has 0 amide bonds. The van der Waals surface area contributed by atoms with E-state index >= 15 is 0 Å². The molecule has 2 aromatic rings. The third kappa shape index (κ3) is 3.59. The lowest BCUT2D eigenvalue weighted by Gasteiger charge is -2.26. The third-order valence-corrected chi connectivity index (χ3v) is 10.2. The van der Waals surface area contributed by atoms with Gasteiger partial charge in [0.25, 0.3) is 0 Å². The molecule has 0 fully saturated rings. The molecule has 0 saturated heterocycles. The van der Waals surface area contributed by atoms with Crippen LogP contribution in [0.3, 0.4) is 0 Å². The van der Waals surface area contributed by atoms with Gasteiger partial charge in [-0.15, -0.1) is 0 Å². The topological polar surface area (TPSA) is 0 Å². The molecule has 116 valence electrons. The normalized spacial score (nSPS) is 12.5. The van der Waals surface area contributed by atoms with Crippen LogP contribution in [0.25, 0.3) is 5.57 Å². The molecule has 2 rings (SSSR count). The van der Waals surface area contributed by atoms with E-state index in [2.05, 4.69) is 88.0 Å². The zero-order chi connectivity index (χ0) is 16.0. The maximum absolute atomic E-state index is 2.67. The summed E-state index contributed by atoms with van der Waals surface area (Å²) in [5.41, 5.74) is 8.22. The van der Waals surface area contributed by atoms with Crippen molar-refractivity contribution >= 4 is 13.6 Å². The van der Waals surface area contributed by atoms with Crippen LogP contribution in [-0.2, 0) is 0 Å². The van der Waals surface area contributed by atoms with Gasteiger partial charge in [0.05, 0.1) is 8.07 Å². The van der Waals surface area contributed by atoms with Gasteiger partial charge in [-0.05, 0) is 29.2 Å². The van der Waals surface area contributed by atoms with Crippen molar-refractivity contribution in [2.24, 2.45) is 0 Å². The maximum Gasteiger partial charge on any atom is 0.0778 e. The van der Waals surface area contributed by atoms with E-state index in [1.54, 1.807) is 0 Å². The first-order chi connectivity index (χ1) is 10.7. The predicted molar refractivity (Wildman–Crippen MR) is 102 cm³/mol. The van der Waals surface area contributed by atoms with Gasteiger partial charge in [0.15, 0.2) is 0 Å². The van der Waals surface area contributed by atoms with Crippen LogP contribution in [0.5, 0.6) is 0 Å². The largest absolute Gasteiger partial charge is 0.0859 e. The molecule has 2 aromatic carbocycles. The Balaban J connectivity index is 2.64. The van der Waals surface area contributed by atoms with Gasteiger partial charge < -0.3 is 0 Å². The second-order valence-corrected chi connectivity index (χ2v) is 11.3. The summed E-state index contributed by atoms with van der Waals surface area (Å²) in [4.78, 5) is 0. The lowest BCUT2D eigenvalue weighted by atomic mass is 9.96. The fraction of sp³-hybridized carbons (Fsp3) is 0.333. The highest BCUT2D eigenvalue weighted by molar-refractivity contribution is 6.85. The van der Waals surface area contributed by atoms with E-state index in [4.69, 9.17) is 0 Å². The highest BCUT2D eigenvalue weighted by Gasteiger charge is 2.25. The standard InChI is InChI=1S/C21H28Si/c1-5-22(6-2,7-3)17-21(19-14-9-8-10-15-19)20-16-12-11-13-18(20)4/h8-17H,5-7H2,1-4H3/b21-17+. The van der Waals surface area contributed by atoms with Gasteiger partial charge in [0, 0.05) is 0 Å². The first-order valence-electron chi connectivity index (χ1n) is 8.50.